The van der Waals surface area contributed by atoms with E-state index in [1.165, 1.54) is 11.3 Å². The minimum Gasteiger partial charge on any atom is -0.347 e. The normalized spacial score (nSPS) is 13.4. The molecular weight excluding hydrogens is 396 g/mol. The van der Waals surface area contributed by atoms with Crippen molar-refractivity contribution in [3.8, 4) is 5.69 Å². The molecule has 3 aromatic rings. The van der Waals surface area contributed by atoms with Crippen molar-refractivity contribution < 1.29 is 9.59 Å². The van der Waals surface area contributed by atoms with Gasteiger partial charge in [-0.1, -0.05) is 11.6 Å². The topological polar surface area (TPSA) is 76.0 Å². The van der Waals surface area contributed by atoms with Crippen LogP contribution in [0.3, 0.4) is 0 Å². The fourth-order valence-corrected chi connectivity index (χ4v) is 3.91. The van der Waals surface area contributed by atoms with Crippen molar-refractivity contribution in [3.63, 3.8) is 0 Å². The summed E-state index contributed by atoms with van der Waals surface area (Å²) in [4.78, 5) is 25.0. The Morgan fingerprint density at radius 1 is 1.29 bits per heavy atom. The van der Waals surface area contributed by atoms with Gasteiger partial charge in [0.25, 0.3) is 5.91 Å². The molecule has 2 heterocycles. The van der Waals surface area contributed by atoms with Gasteiger partial charge >= 0.3 is 0 Å². The average Bonchev–Trinajstić information content (AvgIpc) is 3.32. The molecule has 1 fully saturated rings. The molecule has 2 aromatic heterocycles. The van der Waals surface area contributed by atoms with Crippen LogP contribution in [0, 0.1) is 12.8 Å². The fourth-order valence-electron chi connectivity index (χ4n) is 2.79. The largest absolute Gasteiger partial charge is 0.347 e. The maximum Gasteiger partial charge on any atom is 0.261 e. The molecule has 28 heavy (non-hydrogen) atoms. The molecule has 0 atom stereocenters. The number of hydrogen-bond donors (Lipinski definition) is 2. The van der Waals surface area contributed by atoms with E-state index in [1.807, 2.05) is 31.3 Å². The first-order valence-electron chi connectivity index (χ1n) is 8.98. The van der Waals surface area contributed by atoms with Crippen LogP contribution in [0.25, 0.3) is 5.69 Å². The molecule has 0 saturated heterocycles. The number of aromatic nitrogens is 2. The third kappa shape index (κ3) is 4.26. The van der Waals surface area contributed by atoms with Crippen molar-refractivity contribution in [2.45, 2.75) is 26.3 Å². The number of nitrogens with one attached hydrogen (secondary N) is 2. The molecule has 0 aliphatic heterocycles. The zero-order valence-electron chi connectivity index (χ0n) is 15.2. The summed E-state index contributed by atoms with van der Waals surface area (Å²) in [5.41, 5.74) is 2.64. The van der Waals surface area contributed by atoms with E-state index in [9.17, 15) is 9.59 Å². The predicted molar refractivity (Wildman–Crippen MR) is 110 cm³/mol. The third-order valence-electron chi connectivity index (χ3n) is 4.50. The Hall–Kier alpha value is -2.64. The van der Waals surface area contributed by atoms with E-state index in [2.05, 4.69) is 15.7 Å². The summed E-state index contributed by atoms with van der Waals surface area (Å²) in [6.45, 7) is 2.24. The maximum absolute atomic E-state index is 12.5. The molecule has 0 bridgehead atoms. The predicted octanol–water partition coefficient (Wildman–Crippen LogP) is 4.17. The molecule has 0 spiro atoms. The van der Waals surface area contributed by atoms with E-state index in [4.69, 9.17) is 11.6 Å². The Labute approximate surface area is 171 Å². The van der Waals surface area contributed by atoms with Gasteiger partial charge in [-0.2, -0.15) is 5.10 Å². The summed E-state index contributed by atoms with van der Waals surface area (Å²) in [5.74, 6) is 0.0216. The van der Waals surface area contributed by atoms with Crippen LogP contribution in [-0.4, -0.2) is 21.6 Å². The second-order valence-electron chi connectivity index (χ2n) is 6.84. The number of aryl methyl sites for hydroxylation is 1. The van der Waals surface area contributed by atoms with E-state index in [0.29, 0.717) is 16.4 Å². The highest BCUT2D eigenvalue weighted by Crippen LogP contribution is 2.32. The van der Waals surface area contributed by atoms with Gasteiger partial charge in [0.2, 0.25) is 5.91 Å². The molecule has 1 saturated carbocycles. The molecule has 0 unspecified atom stereocenters. The van der Waals surface area contributed by atoms with Gasteiger partial charge in [0.15, 0.2) is 0 Å². The van der Waals surface area contributed by atoms with Crippen LogP contribution in [0.15, 0.2) is 42.7 Å². The van der Waals surface area contributed by atoms with Crippen molar-refractivity contribution in [3.05, 3.63) is 63.8 Å². The van der Waals surface area contributed by atoms with E-state index in [-0.39, 0.29) is 17.7 Å². The van der Waals surface area contributed by atoms with Crippen LogP contribution in [-0.2, 0) is 11.3 Å². The summed E-state index contributed by atoms with van der Waals surface area (Å²) < 4.78 is 1.74. The van der Waals surface area contributed by atoms with Gasteiger partial charge in [-0.05, 0) is 55.7 Å². The highest BCUT2D eigenvalue weighted by atomic mass is 35.5. The van der Waals surface area contributed by atoms with Gasteiger partial charge < -0.3 is 10.6 Å². The average molecular weight is 415 g/mol. The van der Waals surface area contributed by atoms with Gasteiger partial charge in [-0.15, -0.1) is 11.3 Å². The van der Waals surface area contributed by atoms with Crippen LogP contribution in [0.1, 0.15) is 33.6 Å². The van der Waals surface area contributed by atoms with E-state index < -0.39 is 0 Å². The quantitative estimate of drug-likeness (QED) is 0.635. The highest BCUT2D eigenvalue weighted by molar-refractivity contribution is 7.18. The summed E-state index contributed by atoms with van der Waals surface area (Å²) in [5, 5.41) is 11.5. The minimum absolute atomic E-state index is 0.0443. The van der Waals surface area contributed by atoms with Gasteiger partial charge in [-0.3, -0.25) is 9.59 Å². The second kappa shape index (κ2) is 7.77. The number of halogens is 1. The zero-order chi connectivity index (χ0) is 19.7. The molecular formula is C20H19ClN4O2S. The minimum atomic E-state index is -0.159. The van der Waals surface area contributed by atoms with Crippen molar-refractivity contribution in [1.29, 1.82) is 0 Å². The number of anilines is 1. The van der Waals surface area contributed by atoms with Crippen LogP contribution in [0.4, 0.5) is 5.00 Å². The number of rotatable bonds is 6. The van der Waals surface area contributed by atoms with Crippen molar-refractivity contribution in [2.75, 3.05) is 5.32 Å². The number of carbonyl (C=O) groups is 2. The van der Waals surface area contributed by atoms with Gasteiger partial charge in [0.05, 0.1) is 21.8 Å². The molecule has 4 rings (SSSR count). The number of hydrogen-bond acceptors (Lipinski definition) is 4. The van der Waals surface area contributed by atoms with E-state index in [0.717, 1.165) is 34.7 Å². The summed E-state index contributed by atoms with van der Waals surface area (Å²) >= 11 is 7.21. The molecule has 1 aliphatic carbocycles. The lowest BCUT2D eigenvalue weighted by Gasteiger charge is -2.03. The van der Waals surface area contributed by atoms with Crippen LogP contribution in [0.5, 0.6) is 0 Å². The van der Waals surface area contributed by atoms with Crippen molar-refractivity contribution in [2.24, 2.45) is 5.92 Å². The van der Waals surface area contributed by atoms with E-state index >= 15 is 0 Å². The third-order valence-corrected chi connectivity index (χ3v) is 5.90. The van der Waals surface area contributed by atoms with Gasteiger partial charge in [-0.25, -0.2) is 4.68 Å². The van der Waals surface area contributed by atoms with E-state index in [1.54, 1.807) is 23.0 Å². The molecule has 2 N–H and O–H groups in total. The van der Waals surface area contributed by atoms with Crippen LogP contribution < -0.4 is 10.6 Å². The molecule has 6 nitrogen and oxygen atoms in total. The standard InChI is InChI=1S/C20H19ClN4O2S/c1-12-8-17(24-19(26)14-2-3-14)28-18(12)20(27)22-9-13-10-23-25(11-13)16-6-4-15(21)5-7-16/h4-8,10-11,14H,2-3,9H2,1H3,(H,22,27)(H,24,26). The zero-order valence-corrected chi connectivity index (χ0v) is 16.8. The summed E-state index contributed by atoms with van der Waals surface area (Å²) in [6, 6.07) is 9.21. The first kappa shape index (κ1) is 18.7. The number of benzene rings is 1. The van der Waals surface area contributed by atoms with Crippen LogP contribution >= 0.6 is 22.9 Å². The van der Waals surface area contributed by atoms with Gasteiger partial charge in [0, 0.05) is 29.2 Å². The molecule has 144 valence electrons. The van der Waals surface area contributed by atoms with Gasteiger partial charge in [0.1, 0.15) is 0 Å². The number of nitrogens with zero attached hydrogens (tertiary/aromatic N) is 2. The maximum atomic E-state index is 12.5. The smallest absolute Gasteiger partial charge is 0.261 e. The monoisotopic (exact) mass is 414 g/mol. The van der Waals surface area contributed by atoms with Crippen molar-refractivity contribution in [1.82, 2.24) is 15.1 Å². The second-order valence-corrected chi connectivity index (χ2v) is 8.33. The summed E-state index contributed by atoms with van der Waals surface area (Å²) in [7, 11) is 0. The Kier molecular flexibility index (Phi) is 5.19. The first-order chi connectivity index (χ1) is 13.5. The Bertz CT molecular complexity index is 1020. The Balaban J connectivity index is 1.37. The molecule has 0 radical (unpaired) electrons. The number of amides is 2. The van der Waals surface area contributed by atoms with Crippen LogP contribution in [0.2, 0.25) is 5.02 Å². The number of carbonyl (C=O) groups excluding carboxylic acids is 2. The molecule has 1 aromatic carbocycles. The SMILES string of the molecule is Cc1cc(NC(=O)C2CC2)sc1C(=O)NCc1cnn(-c2ccc(Cl)cc2)c1. The van der Waals surface area contributed by atoms with Crippen molar-refractivity contribution >= 4 is 39.8 Å². The molecule has 2 amide bonds. The highest BCUT2D eigenvalue weighted by Gasteiger charge is 2.30. The molecule has 8 heteroatoms. The first-order valence-corrected chi connectivity index (χ1v) is 10.2. The summed E-state index contributed by atoms with van der Waals surface area (Å²) in [6.07, 6.45) is 5.49. The number of thiophene rings is 1. The Morgan fingerprint density at radius 3 is 2.75 bits per heavy atom. The lowest BCUT2D eigenvalue weighted by molar-refractivity contribution is -0.117. The lowest BCUT2D eigenvalue weighted by Crippen LogP contribution is -2.22. The Morgan fingerprint density at radius 2 is 2.04 bits per heavy atom. The fraction of sp³-hybridized carbons (Fsp3) is 0.250. The lowest BCUT2D eigenvalue weighted by atomic mass is 10.2. The molecule has 1 aliphatic rings.